The second-order valence-electron chi connectivity index (χ2n) is 6.27. The fourth-order valence-electron chi connectivity index (χ4n) is 3.08. The summed E-state index contributed by atoms with van der Waals surface area (Å²) in [5.41, 5.74) is 2.42. The Kier molecular flexibility index (Phi) is 5.27. The Bertz CT molecular complexity index is 679. The number of aliphatic hydroxyl groups excluding tert-OH is 1. The van der Waals surface area contributed by atoms with Gasteiger partial charge in [-0.05, 0) is 31.4 Å². The number of ether oxygens (including phenoxy) is 1. The highest BCUT2D eigenvalue weighted by Crippen LogP contribution is 2.22. The molecule has 6 nitrogen and oxygen atoms in total. The van der Waals surface area contributed by atoms with E-state index in [1.807, 2.05) is 35.9 Å². The number of aromatic nitrogens is 2. The smallest absolute Gasteiger partial charge is 0.253 e. The van der Waals surface area contributed by atoms with Crippen molar-refractivity contribution in [2.24, 2.45) is 11.8 Å². The molecule has 1 saturated heterocycles. The molecular weight excluding hydrogens is 306 g/mol. The van der Waals surface area contributed by atoms with Crippen LogP contribution in [0.15, 0.2) is 36.9 Å². The SMILES string of the molecule is Cc1ccc(-n2ccnc2)c(C(=O)NC[C@H](CO)[C@H]2CCOC2)c1. The van der Waals surface area contributed by atoms with Crippen molar-refractivity contribution in [1.29, 1.82) is 0 Å². The fraction of sp³-hybridized carbons (Fsp3) is 0.444. The summed E-state index contributed by atoms with van der Waals surface area (Å²) in [7, 11) is 0. The molecule has 128 valence electrons. The zero-order valence-electron chi connectivity index (χ0n) is 13.8. The molecule has 1 aromatic heterocycles. The van der Waals surface area contributed by atoms with E-state index in [1.54, 1.807) is 12.5 Å². The average molecular weight is 329 g/mol. The minimum absolute atomic E-state index is 0.0259. The van der Waals surface area contributed by atoms with Crippen LogP contribution in [0.5, 0.6) is 0 Å². The number of imidazole rings is 1. The Morgan fingerprint density at radius 1 is 1.54 bits per heavy atom. The third kappa shape index (κ3) is 3.66. The zero-order chi connectivity index (χ0) is 16.9. The number of benzene rings is 1. The number of hydrogen-bond acceptors (Lipinski definition) is 4. The molecule has 1 amide bonds. The molecule has 2 N–H and O–H groups in total. The van der Waals surface area contributed by atoms with Crippen LogP contribution in [0.4, 0.5) is 0 Å². The molecule has 0 spiro atoms. The Balaban J connectivity index is 1.73. The van der Waals surface area contributed by atoms with Crippen LogP contribution in [0, 0.1) is 18.8 Å². The number of carbonyl (C=O) groups excluding carboxylic acids is 1. The molecule has 1 fully saturated rings. The molecule has 0 unspecified atom stereocenters. The van der Waals surface area contributed by atoms with Gasteiger partial charge in [0, 0.05) is 44.7 Å². The number of aryl methyl sites for hydroxylation is 1. The maximum atomic E-state index is 12.7. The summed E-state index contributed by atoms with van der Waals surface area (Å²) < 4.78 is 7.20. The van der Waals surface area contributed by atoms with Crippen LogP contribution in [0.1, 0.15) is 22.3 Å². The molecule has 2 aromatic rings. The van der Waals surface area contributed by atoms with Gasteiger partial charge in [0.2, 0.25) is 0 Å². The van der Waals surface area contributed by atoms with Crippen molar-refractivity contribution in [3.63, 3.8) is 0 Å². The van der Waals surface area contributed by atoms with Gasteiger partial charge in [-0.3, -0.25) is 4.79 Å². The maximum absolute atomic E-state index is 12.7. The van der Waals surface area contributed by atoms with Crippen LogP contribution in [-0.2, 0) is 4.74 Å². The monoisotopic (exact) mass is 329 g/mol. The summed E-state index contributed by atoms with van der Waals surface area (Å²) in [6.07, 6.45) is 6.11. The van der Waals surface area contributed by atoms with Crippen molar-refractivity contribution in [2.45, 2.75) is 13.3 Å². The van der Waals surface area contributed by atoms with Gasteiger partial charge < -0.3 is 19.7 Å². The van der Waals surface area contributed by atoms with Crippen molar-refractivity contribution in [1.82, 2.24) is 14.9 Å². The number of aliphatic hydroxyl groups is 1. The maximum Gasteiger partial charge on any atom is 0.253 e. The van der Waals surface area contributed by atoms with E-state index in [1.165, 1.54) is 0 Å². The highest BCUT2D eigenvalue weighted by atomic mass is 16.5. The topological polar surface area (TPSA) is 76.4 Å². The summed E-state index contributed by atoms with van der Waals surface area (Å²) in [6.45, 7) is 3.85. The minimum atomic E-state index is -0.139. The van der Waals surface area contributed by atoms with Crippen molar-refractivity contribution in [3.05, 3.63) is 48.0 Å². The van der Waals surface area contributed by atoms with Gasteiger partial charge in [0.1, 0.15) is 0 Å². The molecule has 0 saturated carbocycles. The van der Waals surface area contributed by atoms with Gasteiger partial charge in [-0.25, -0.2) is 4.98 Å². The number of nitrogens with zero attached hydrogens (tertiary/aromatic N) is 2. The van der Waals surface area contributed by atoms with Gasteiger partial charge in [-0.15, -0.1) is 0 Å². The molecular formula is C18H23N3O3. The molecule has 0 bridgehead atoms. The Morgan fingerprint density at radius 2 is 2.42 bits per heavy atom. The van der Waals surface area contributed by atoms with E-state index in [9.17, 15) is 9.90 Å². The molecule has 2 heterocycles. The van der Waals surface area contributed by atoms with Crippen LogP contribution in [-0.4, -0.2) is 46.9 Å². The van der Waals surface area contributed by atoms with E-state index in [0.717, 1.165) is 24.3 Å². The van der Waals surface area contributed by atoms with E-state index in [0.29, 0.717) is 24.6 Å². The quantitative estimate of drug-likeness (QED) is 0.843. The van der Waals surface area contributed by atoms with E-state index in [4.69, 9.17) is 4.74 Å². The Hall–Kier alpha value is -2.18. The summed E-state index contributed by atoms with van der Waals surface area (Å²) in [5, 5.41) is 12.6. The first-order valence-corrected chi connectivity index (χ1v) is 8.25. The van der Waals surface area contributed by atoms with Gasteiger partial charge in [-0.1, -0.05) is 11.6 Å². The second-order valence-corrected chi connectivity index (χ2v) is 6.27. The third-order valence-electron chi connectivity index (χ3n) is 4.57. The van der Waals surface area contributed by atoms with Crippen LogP contribution < -0.4 is 5.32 Å². The normalized spacial score (nSPS) is 18.5. The van der Waals surface area contributed by atoms with Gasteiger partial charge in [0.15, 0.2) is 0 Å². The number of nitrogens with one attached hydrogen (secondary N) is 1. The van der Waals surface area contributed by atoms with Crippen LogP contribution >= 0.6 is 0 Å². The van der Waals surface area contributed by atoms with Crippen LogP contribution in [0.25, 0.3) is 5.69 Å². The lowest BCUT2D eigenvalue weighted by atomic mass is 9.92. The number of hydrogen-bond donors (Lipinski definition) is 2. The van der Waals surface area contributed by atoms with Gasteiger partial charge in [-0.2, -0.15) is 0 Å². The van der Waals surface area contributed by atoms with Crippen molar-refractivity contribution in [2.75, 3.05) is 26.4 Å². The molecule has 1 aliphatic rings. The number of rotatable bonds is 6. The molecule has 1 aromatic carbocycles. The van der Waals surface area contributed by atoms with Crippen molar-refractivity contribution in [3.8, 4) is 5.69 Å². The highest BCUT2D eigenvalue weighted by molar-refractivity contribution is 5.98. The van der Waals surface area contributed by atoms with E-state index >= 15 is 0 Å². The Labute approximate surface area is 141 Å². The molecule has 0 aliphatic carbocycles. The van der Waals surface area contributed by atoms with E-state index in [2.05, 4.69) is 10.3 Å². The third-order valence-corrected chi connectivity index (χ3v) is 4.57. The molecule has 1 aliphatic heterocycles. The number of carbonyl (C=O) groups is 1. The van der Waals surface area contributed by atoms with Crippen LogP contribution in [0.3, 0.4) is 0 Å². The van der Waals surface area contributed by atoms with Gasteiger partial charge in [0.25, 0.3) is 5.91 Å². The summed E-state index contributed by atoms with van der Waals surface area (Å²) >= 11 is 0. The summed E-state index contributed by atoms with van der Waals surface area (Å²) in [6, 6.07) is 5.76. The molecule has 2 atom stereocenters. The molecule has 6 heteroatoms. The predicted octanol–water partition coefficient (Wildman–Crippen LogP) is 1.56. The van der Waals surface area contributed by atoms with E-state index < -0.39 is 0 Å². The minimum Gasteiger partial charge on any atom is -0.396 e. The molecule has 3 rings (SSSR count). The first kappa shape index (κ1) is 16.7. The molecule has 0 radical (unpaired) electrons. The Morgan fingerprint density at radius 3 is 3.08 bits per heavy atom. The van der Waals surface area contributed by atoms with Crippen LogP contribution in [0.2, 0.25) is 0 Å². The van der Waals surface area contributed by atoms with Crippen molar-refractivity contribution < 1.29 is 14.6 Å². The first-order chi connectivity index (χ1) is 11.7. The van der Waals surface area contributed by atoms with Gasteiger partial charge in [0.05, 0.1) is 17.6 Å². The fourth-order valence-corrected chi connectivity index (χ4v) is 3.08. The zero-order valence-corrected chi connectivity index (χ0v) is 13.8. The highest BCUT2D eigenvalue weighted by Gasteiger charge is 2.26. The largest absolute Gasteiger partial charge is 0.396 e. The van der Waals surface area contributed by atoms with Gasteiger partial charge >= 0.3 is 0 Å². The standard InChI is InChI=1S/C18H23N3O3/c1-13-2-3-17(21-6-5-19-12-21)16(8-13)18(23)20-9-15(10-22)14-4-7-24-11-14/h2-3,5-6,8,12,14-15,22H,4,7,9-11H2,1H3,(H,20,23)/t14-,15+/m0/s1. The predicted molar refractivity (Wildman–Crippen MR) is 90.1 cm³/mol. The summed E-state index contributed by atoms with van der Waals surface area (Å²) in [4.78, 5) is 16.7. The lowest BCUT2D eigenvalue weighted by Gasteiger charge is -2.21. The first-order valence-electron chi connectivity index (χ1n) is 8.25. The lowest BCUT2D eigenvalue weighted by Crippen LogP contribution is -2.35. The lowest BCUT2D eigenvalue weighted by molar-refractivity contribution is 0.0917. The van der Waals surface area contributed by atoms with Crippen molar-refractivity contribution >= 4 is 5.91 Å². The molecule has 24 heavy (non-hydrogen) atoms. The average Bonchev–Trinajstić information content (AvgIpc) is 3.29. The second kappa shape index (κ2) is 7.59. The number of amides is 1. The van der Waals surface area contributed by atoms with E-state index in [-0.39, 0.29) is 18.4 Å². The summed E-state index contributed by atoms with van der Waals surface area (Å²) in [5.74, 6) is 0.193.